The highest BCUT2D eigenvalue weighted by Crippen LogP contribution is 2.21. The molecule has 2 aromatic carbocycles. The van der Waals surface area contributed by atoms with Crippen LogP contribution in [0.4, 0.5) is 5.69 Å². The zero-order chi connectivity index (χ0) is 21.1. The van der Waals surface area contributed by atoms with Crippen LogP contribution in [0.1, 0.15) is 5.56 Å². The highest BCUT2D eigenvalue weighted by molar-refractivity contribution is 6.30. The molecule has 0 saturated carbocycles. The molecule has 7 nitrogen and oxygen atoms in total. The van der Waals surface area contributed by atoms with Crippen molar-refractivity contribution in [2.24, 2.45) is 0 Å². The number of halogens is 1. The third kappa shape index (κ3) is 4.31. The zero-order valence-corrected chi connectivity index (χ0v) is 16.8. The molecule has 1 amide bonds. The molecule has 8 heteroatoms. The molecular weight excluding hydrogens is 404 g/mol. The SMILES string of the molecule is Cc1cccc(NC(=O)Cn2cccc(-c3nc(-c4ccc(Cl)cc4)no3)c2=O)c1. The van der Waals surface area contributed by atoms with Gasteiger partial charge in [-0.2, -0.15) is 4.98 Å². The van der Waals surface area contributed by atoms with E-state index < -0.39 is 5.56 Å². The Morgan fingerprint density at radius 3 is 2.70 bits per heavy atom. The van der Waals surface area contributed by atoms with Crippen LogP contribution in [-0.2, 0) is 11.3 Å². The Morgan fingerprint density at radius 2 is 1.93 bits per heavy atom. The van der Waals surface area contributed by atoms with Gasteiger partial charge in [-0.3, -0.25) is 9.59 Å². The van der Waals surface area contributed by atoms with E-state index in [4.69, 9.17) is 16.1 Å². The second kappa shape index (κ2) is 8.34. The lowest BCUT2D eigenvalue weighted by atomic mass is 10.2. The van der Waals surface area contributed by atoms with Gasteiger partial charge >= 0.3 is 0 Å². The van der Waals surface area contributed by atoms with Crippen molar-refractivity contribution < 1.29 is 9.32 Å². The molecule has 1 N–H and O–H groups in total. The molecule has 0 spiro atoms. The molecule has 0 saturated heterocycles. The van der Waals surface area contributed by atoms with E-state index in [2.05, 4.69) is 15.5 Å². The first-order valence-electron chi connectivity index (χ1n) is 9.15. The van der Waals surface area contributed by atoms with Crippen molar-refractivity contribution in [2.75, 3.05) is 5.32 Å². The molecule has 30 heavy (non-hydrogen) atoms. The van der Waals surface area contributed by atoms with Gasteiger partial charge in [0.05, 0.1) is 0 Å². The van der Waals surface area contributed by atoms with Crippen LogP contribution in [-0.4, -0.2) is 20.6 Å². The van der Waals surface area contributed by atoms with Gasteiger partial charge in [-0.15, -0.1) is 0 Å². The number of carbonyl (C=O) groups is 1. The third-order valence-corrected chi connectivity index (χ3v) is 4.65. The van der Waals surface area contributed by atoms with Crippen molar-refractivity contribution in [2.45, 2.75) is 13.5 Å². The van der Waals surface area contributed by atoms with Gasteiger partial charge in [0, 0.05) is 22.5 Å². The Balaban J connectivity index is 1.55. The van der Waals surface area contributed by atoms with Crippen LogP contribution in [0.5, 0.6) is 0 Å². The van der Waals surface area contributed by atoms with Crippen LogP contribution in [0.2, 0.25) is 5.02 Å². The molecule has 0 aliphatic rings. The lowest BCUT2D eigenvalue weighted by molar-refractivity contribution is -0.116. The van der Waals surface area contributed by atoms with E-state index in [1.165, 1.54) is 10.8 Å². The number of aryl methyl sites for hydroxylation is 1. The Labute approximate surface area is 176 Å². The van der Waals surface area contributed by atoms with Gasteiger partial charge in [-0.25, -0.2) is 0 Å². The van der Waals surface area contributed by atoms with Gasteiger partial charge in [0.2, 0.25) is 11.7 Å². The first kappa shape index (κ1) is 19.6. The molecule has 0 aliphatic heterocycles. The highest BCUT2D eigenvalue weighted by atomic mass is 35.5. The summed E-state index contributed by atoms with van der Waals surface area (Å²) in [6.07, 6.45) is 1.54. The molecule has 0 atom stereocenters. The lowest BCUT2D eigenvalue weighted by Gasteiger charge is -2.08. The number of nitrogens with one attached hydrogen (secondary N) is 1. The van der Waals surface area contributed by atoms with Crippen molar-refractivity contribution in [3.8, 4) is 22.8 Å². The molecule has 0 bridgehead atoms. The van der Waals surface area contributed by atoms with Gasteiger partial charge in [-0.1, -0.05) is 28.9 Å². The second-order valence-electron chi connectivity index (χ2n) is 6.70. The fraction of sp³-hybridized carbons (Fsp3) is 0.0909. The summed E-state index contributed by atoms with van der Waals surface area (Å²) in [4.78, 5) is 29.5. The van der Waals surface area contributed by atoms with Crippen LogP contribution in [0.25, 0.3) is 22.8 Å². The molecule has 4 aromatic rings. The number of benzene rings is 2. The van der Waals surface area contributed by atoms with E-state index >= 15 is 0 Å². The summed E-state index contributed by atoms with van der Waals surface area (Å²) in [5, 5.41) is 7.31. The first-order valence-corrected chi connectivity index (χ1v) is 9.53. The maximum absolute atomic E-state index is 12.8. The minimum Gasteiger partial charge on any atom is -0.333 e. The third-order valence-electron chi connectivity index (χ3n) is 4.39. The van der Waals surface area contributed by atoms with Crippen molar-refractivity contribution in [3.05, 3.63) is 87.8 Å². The van der Waals surface area contributed by atoms with E-state index in [1.807, 2.05) is 25.1 Å². The Hall–Kier alpha value is -3.71. The first-order chi connectivity index (χ1) is 14.5. The largest absolute Gasteiger partial charge is 0.333 e. The van der Waals surface area contributed by atoms with E-state index in [0.717, 1.165) is 5.56 Å². The number of hydrogen-bond donors (Lipinski definition) is 1. The molecule has 0 unspecified atom stereocenters. The number of rotatable bonds is 5. The molecule has 4 rings (SSSR count). The van der Waals surface area contributed by atoms with Gasteiger partial charge in [-0.05, 0) is 61.0 Å². The molecule has 2 heterocycles. The fourth-order valence-corrected chi connectivity index (χ4v) is 3.08. The summed E-state index contributed by atoms with van der Waals surface area (Å²) in [5.74, 6) is 0.110. The second-order valence-corrected chi connectivity index (χ2v) is 7.14. The summed E-state index contributed by atoms with van der Waals surface area (Å²) >= 11 is 5.90. The Kier molecular flexibility index (Phi) is 5.45. The van der Waals surface area contributed by atoms with E-state index in [1.54, 1.807) is 42.5 Å². The monoisotopic (exact) mass is 420 g/mol. The average molecular weight is 421 g/mol. The van der Waals surface area contributed by atoms with Crippen LogP contribution >= 0.6 is 11.6 Å². The summed E-state index contributed by atoms with van der Waals surface area (Å²) in [6.45, 7) is 1.80. The fourth-order valence-electron chi connectivity index (χ4n) is 2.95. The van der Waals surface area contributed by atoms with E-state index in [9.17, 15) is 9.59 Å². The molecule has 0 fully saturated rings. The molecule has 2 aromatic heterocycles. The van der Waals surface area contributed by atoms with Gasteiger partial charge in [0.1, 0.15) is 12.1 Å². The maximum atomic E-state index is 12.8. The zero-order valence-electron chi connectivity index (χ0n) is 16.0. The van der Waals surface area contributed by atoms with Crippen molar-refractivity contribution in [3.63, 3.8) is 0 Å². The summed E-state index contributed by atoms with van der Waals surface area (Å²) in [6, 6.07) is 17.6. The van der Waals surface area contributed by atoms with Crippen molar-refractivity contribution in [1.29, 1.82) is 0 Å². The minimum atomic E-state index is -0.400. The van der Waals surface area contributed by atoms with Gasteiger partial charge < -0.3 is 14.4 Å². The van der Waals surface area contributed by atoms with Gasteiger partial charge in [0.15, 0.2) is 0 Å². The van der Waals surface area contributed by atoms with Crippen LogP contribution in [0, 0.1) is 6.92 Å². The summed E-state index contributed by atoms with van der Waals surface area (Å²) in [5.41, 5.74) is 2.23. The summed E-state index contributed by atoms with van der Waals surface area (Å²) < 4.78 is 6.58. The normalized spacial score (nSPS) is 10.7. The van der Waals surface area contributed by atoms with E-state index in [-0.39, 0.29) is 23.9 Å². The maximum Gasteiger partial charge on any atom is 0.263 e. The quantitative estimate of drug-likeness (QED) is 0.523. The number of carbonyl (C=O) groups excluding carboxylic acids is 1. The number of nitrogens with zero attached hydrogens (tertiary/aromatic N) is 3. The average Bonchev–Trinajstić information content (AvgIpc) is 3.20. The van der Waals surface area contributed by atoms with Crippen LogP contribution < -0.4 is 10.9 Å². The predicted molar refractivity (Wildman–Crippen MR) is 114 cm³/mol. The van der Waals surface area contributed by atoms with Gasteiger partial charge in [0.25, 0.3) is 11.4 Å². The molecular formula is C22H17ClN4O3. The molecule has 0 radical (unpaired) electrons. The lowest BCUT2D eigenvalue weighted by Crippen LogP contribution is -2.28. The smallest absolute Gasteiger partial charge is 0.263 e. The Morgan fingerprint density at radius 1 is 1.13 bits per heavy atom. The van der Waals surface area contributed by atoms with E-state index in [0.29, 0.717) is 22.1 Å². The number of aromatic nitrogens is 3. The predicted octanol–water partition coefficient (Wildman–Crippen LogP) is 4.17. The van der Waals surface area contributed by atoms with Crippen LogP contribution in [0.3, 0.4) is 0 Å². The number of anilines is 1. The van der Waals surface area contributed by atoms with Crippen molar-refractivity contribution in [1.82, 2.24) is 14.7 Å². The summed E-state index contributed by atoms with van der Waals surface area (Å²) in [7, 11) is 0. The standard InChI is InChI=1S/C22H17ClN4O3/c1-14-4-2-5-17(12-14)24-19(28)13-27-11-3-6-18(22(27)29)21-25-20(26-30-21)15-7-9-16(23)10-8-15/h2-12H,13H2,1H3,(H,24,28). The van der Waals surface area contributed by atoms with Crippen molar-refractivity contribution >= 4 is 23.2 Å². The molecule has 0 aliphatic carbocycles. The number of hydrogen-bond acceptors (Lipinski definition) is 5. The topological polar surface area (TPSA) is 90.0 Å². The molecule has 150 valence electrons. The Bertz CT molecular complexity index is 1260. The minimum absolute atomic E-state index is 0.0818. The highest BCUT2D eigenvalue weighted by Gasteiger charge is 2.16. The number of pyridine rings is 1. The number of amides is 1. The van der Waals surface area contributed by atoms with Crippen LogP contribution in [0.15, 0.2) is 76.2 Å².